The highest BCUT2D eigenvalue weighted by molar-refractivity contribution is 9.10. The number of rotatable bonds is 3. The molecule has 0 fully saturated rings. The summed E-state index contributed by atoms with van der Waals surface area (Å²) in [6.07, 6.45) is 1.23. The molecule has 0 saturated carbocycles. The fourth-order valence-corrected chi connectivity index (χ4v) is 2.81. The molecule has 0 aliphatic rings. The summed E-state index contributed by atoms with van der Waals surface area (Å²) in [5, 5.41) is 13.9. The molecule has 0 saturated heterocycles. The van der Waals surface area contributed by atoms with E-state index in [-0.39, 0.29) is 5.56 Å². The summed E-state index contributed by atoms with van der Waals surface area (Å²) in [5.74, 6) is -1.24. The highest BCUT2D eigenvalue weighted by atomic mass is 79.9. The van der Waals surface area contributed by atoms with Crippen LogP contribution in [0.5, 0.6) is 0 Å². The Kier molecular flexibility index (Phi) is 3.81. The molecule has 7 heteroatoms. The van der Waals surface area contributed by atoms with Gasteiger partial charge in [0.25, 0.3) is 0 Å². The average molecular weight is 376 g/mol. The third-order valence-electron chi connectivity index (χ3n) is 3.80. The van der Waals surface area contributed by atoms with Crippen LogP contribution in [-0.2, 0) is 6.54 Å². The zero-order valence-electron chi connectivity index (χ0n) is 12.6. The van der Waals surface area contributed by atoms with Gasteiger partial charge in [0.05, 0.1) is 22.4 Å². The summed E-state index contributed by atoms with van der Waals surface area (Å²) in [7, 11) is 0. The van der Waals surface area contributed by atoms with Gasteiger partial charge in [-0.2, -0.15) is 5.10 Å². The number of carboxylic acids is 1. The van der Waals surface area contributed by atoms with Gasteiger partial charge < -0.3 is 10.1 Å². The van der Waals surface area contributed by atoms with E-state index in [9.17, 15) is 9.59 Å². The van der Waals surface area contributed by atoms with Crippen LogP contribution in [0.25, 0.3) is 10.9 Å². The lowest BCUT2D eigenvalue weighted by molar-refractivity contribution is 0.0695. The highest BCUT2D eigenvalue weighted by Gasteiger charge is 2.13. The van der Waals surface area contributed by atoms with E-state index >= 15 is 0 Å². The van der Waals surface area contributed by atoms with Crippen molar-refractivity contribution in [3.8, 4) is 0 Å². The van der Waals surface area contributed by atoms with Crippen LogP contribution in [0, 0.1) is 13.8 Å². The molecule has 0 unspecified atom stereocenters. The monoisotopic (exact) mass is 375 g/mol. The number of hydrogen-bond donors (Lipinski definition) is 2. The molecule has 0 atom stereocenters. The maximum absolute atomic E-state index is 12.3. The lowest BCUT2D eigenvalue weighted by atomic mass is 10.1. The number of carbonyl (C=O) groups is 1. The standard InChI is InChI=1S/C16H14BrN3O3/c1-8-14(17)9(2)20(19-8)7-10-3-4-13-11(5-10)15(21)12(6-18-13)16(22)23/h3-6H,7H2,1-2H3,(H,18,21)(H,22,23). The number of carboxylic acid groups (broad SMARTS) is 1. The third kappa shape index (κ3) is 2.68. The molecular formula is C16H14BrN3O3. The second-order valence-corrected chi connectivity index (χ2v) is 6.15. The van der Waals surface area contributed by atoms with Gasteiger partial charge in [-0.1, -0.05) is 6.07 Å². The highest BCUT2D eigenvalue weighted by Crippen LogP contribution is 2.21. The number of aromatic amines is 1. The first-order valence-corrected chi connectivity index (χ1v) is 7.75. The molecule has 0 aliphatic heterocycles. The SMILES string of the molecule is Cc1nn(Cc2ccc3[nH]cc(C(=O)O)c(=O)c3c2)c(C)c1Br. The van der Waals surface area contributed by atoms with Gasteiger partial charge in [0.2, 0.25) is 5.43 Å². The van der Waals surface area contributed by atoms with E-state index in [1.807, 2.05) is 24.6 Å². The Labute approximate surface area is 139 Å². The zero-order valence-corrected chi connectivity index (χ0v) is 14.1. The normalized spacial score (nSPS) is 11.1. The Hall–Kier alpha value is -2.41. The van der Waals surface area contributed by atoms with Crippen LogP contribution in [0.3, 0.4) is 0 Å². The smallest absolute Gasteiger partial charge is 0.341 e. The van der Waals surface area contributed by atoms with Crippen molar-refractivity contribution >= 4 is 32.8 Å². The van der Waals surface area contributed by atoms with Gasteiger partial charge in [-0.25, -0.2) is 4.79 Å². The van der Waals surface area contributed by atoms with E-state index < -0.39 is 11.4 Å². The number of aromatic nitrogens is 3. The van der Waals surface area contributed by atoms with Gasteiger partial charge in [0, 0.05) is 17.1 Å². The van der Waals surface area contributed by atoms with Gasteiger partial charge in [-0.15, -0.1) is 0 Å². The van der Waals surface area contributed by atoms with E-state index in [2.05, 4.69) is 26.0 Å². The second-order valence-electron chi connectivity index (χ2n) is 5.36. The van der Waals surface area contributed by atoms with Gasteiger partial charge >= 0.3 is 5.97 Å². The fraction of sp³-hybridized carbons (Fsp3) is 0.188. The number of hydrogen-bond acceptors (Lipinski definition) is 3. The molecule has 3 rings (SSSR count). The summed E-state index contributed by atoms with van der Waals surface area (Å²) in [4.78, 5) is 26.2. The first kappa shape index (κ1) is 15.5. The number of H-pyrrole nitrogens is 1. The van der Waals surface area contributed by atoms with Gasteiger partial charge in [-0.3, -0.25) is 9.48 Å². The predicted octanol–water partition coefficient (Wildman–Crippen LogP) is 2.85. The molecule has 0 bridgehead atoms. The van der Waals surface area contributed by atoms with Crippen LogP contribution in [-0.4, -0.2) is 25.8 Å². The maximum Gasteiger partial charge on any atom is 0.341 e. The molecule has 0 aliphatic carbocycles. The maximum atomic E-state index is 12.3. The van der Waals surface area contributed by atoms with Crippen molar-refractivity contribution in [2.75, 3.05) is 0 Å². The summed E-state index contributed by atoms with van der Waals surface area (Å²) < 4.78 is 2.81. The Morgan fingerprint density at radius 3 is 2.74 bits per heavy atom. The Morgan fingerprint density at radius 2 is 2.13 bits per heavy atom. The molecule has 118 valence electrons. The fourth-order valence-electron chi connectivity index (χ4n) is 2.52. The minimum atomic E-state index is -1.24. The van der Waals surface area contributed by atoms with Crippen LogP contribution < -0.4 is 5.43 Å². The molecule has 2 heterocycles. The molecule has 0 amide bonds. The number of benzene rings is 1. The van der Waals surface area contributed by atoms with Crippen molar-refractivity contribution in [1.29, 1.82) is 0 Å². The lowest BCUT2D eigenvalue weighted by Gasteiger charge is -2.07. The minimum absolute atomic E-state index is 0.261. The van der Waals surface area contributed by atoms with Gasteiger partial charge in [0.15, 0.2) is 0 Å². The average Bonchev–Trinajstić information content (AvgIpc) is 2.75. The predicted molar refractivity (Wildman–Crippen MR) is 90.0 cm³/mol. The molecule has 2 N–H and O–H groups in total. The Bertz CT molecular complexity index is 988. The summed E-state index contributed by atoms with van der Waals surface area (Å²) in [5.41, 5.74) is 2.64. The zero-order chi connectivity index (χ0) is 16.7. The number of halogens is 1. The minimum Gasteiger partial charge on any atom is -0.477 e. The molecule has 2 aromatic heterocycles. The first-order chi connectivity index (χ1) is 10.9. The number of nitrogens with one attached hydrogen (secondary N) is 1. The number of nitrogens with zero attached hydrogens (tertiary/aromatic N) is 2. The topological polar surface area (TPSA) is 88.0 Å². The van der Waals surface area contributed by atoms with Crippen LogP contribution in [0.15, 0.2) is 33.7 Å². The van der Waals surface area contributed by atoms with Crippen molar-refractivity contribution in [2.24, 2.45) is 0 Å². The molecular weight excluding hydrogens is 362 g/mol. The number of aromatic carboxylic acids is 1. The van der Waals surface area contributed by atoms with Crippen molar-refractivity contribution in [1.82, 2.24) is 14.8 Å². The molecule has 3 aromatic rings. The van der Waals surface area contributed by atoms with E-state index in [1.165, 1.54) is 6.20 Å². The first-order valence-electron chi connectivity index (χ1n) is 6.95. The van der Waals surface area contributed by atoms with Crippen molar-refractivity contribution in [3.05, 3.63) is 61.6 Å². The largest absolute Gasteiger partial charge is 0.477 e. The number of pyridine rings is 1. The van der Waals surface area contributed by atoms with E-state index in [0.717, 1.165) is 21.4 Å². The number of fused-ring (bicyclic) bond motifs is 1. The lowest BCUT2D eigenvalue weighted by Crippen LogP contribution is -2.15. The Balaban J connectivity index is 2.09. The van der Waals surface area contributed by atoms with E-state index in [1.54, 1.807) is 12.1 Å². The number of aryl methyl sites for hydroxylation is 1. The Morgan fingerprint density at radius 1 is 1.39 bits per heavy atom. The van der Waals surface area contributed by atoms with Crippen LogP contribution in [0.4, 0.5) is 0 Å². The third-order valence-corrected chi connectivity index (χ3v) is 4.95. The summed E-state index contributed by atoms with van der Waals surface area (Å²) >= 11 is 3.49. The van der Waals surface area contributed by atoms with Crippen molar-refractivity contribution in [3.63, 3.8) is 0 Å². The molecule has 23 heavy (non-hydrogen) atoms. The molecule has 1 aromatic carbocycles. The summed E-state index contributed by atoms with van der Waals surface area (Å²) in [6.45, 7) is 4.38. The van der Waals surface area contributed by atoms with Crippen LogP contribution in [0.2, 0.25) is 0 Å². The van der Waals surface area contributed by atoms with E-state index in [0.29, 0.717) is 17.4 Å². The van der Waals surface area contributed by atoms with Crippen molar-refractivity contribution in [2.45, 2.75) is 20.4 Å². The molecule has 0 radical (unpaired) electrons. The molecule has 0 spiro atoms. The second kappa shape index (κ2) is 5.66. The van der Waals surface area contributed by atoms with Crippen LogP contribution >= 0.6 is 15.9 Å². The van der Waals surface area contributed by atoms with Crippen molar-refractivity contribution < 1.29 is 9.90 Å². The van der Waals surface area contributed by atoms with Crippen LogP contribution in [0.1, 0.15) is 27.3 Å². The summed E-state index contributed by atoms with van der Waals surface area (Å²) in [6, 6.07) is 5.38. The molecule has 6 nitrogen and oxygen atoms in total. The van der Waals surface area contributed by atoms with Gasteiger partial charge in [0.1, 0.15) is 5.56 Å². The van der Waals surface area contributed by atoms with E-state index in [4.69, 9.17) is 5.11 Å². The quantitative estimate of drug-likeness (QED) is 0.736. The van der Waals surface area contributed by atoms with Gasteiger partial charge in [-0.05, 0) is 47.5 Å².